The number of carbonyl (C=O) groups excluding carboxylic acids is 1. The van der Waals surface area contributed by atoms with Crippen LogP contribution < -0.4 is 15.8 Å². The molecule has 7 heteroatoms. The Bertz CT molecular complexity index is 1240. The lowest BCUT2D eigenvalue weighted by molar-refractivity contribution is 0.0680. The normalized spacial score (nSPS) is 20.8. The third-order valence-corrected chi connectivity index (χ3v) is 7.90. The lowest BCUT2D eigenvalue weighted by Crippen LogP contribution is -2.21. The fraction of sp³-hybridized carbons (Fsp3) is 0.483. The number of carbonyl (C=O) groups is 1. The van der Waals surface area contributed by atoms with Gasteiger partial charge < -0.3 is 24.5 Å². The summed E-state index contributed by atoms with van der Waals surface area (Å²) in [5.41, 5.74) is 11.4. The molecule has 0 unspecified atom stereocenters. The van der Waals surface area contributed by atoms with Crippen LogP contribution in [-0.2, 0) is 9.47 Å². The van der Waals surface area contributed by atoms with E-state index >= 15 is 0 Å². The molecule has 3 aromatic rings. The summed E-state index contributed by atoms with van der Waals surface area (Å²) in [7, 11) is 0. The van der Waals surface area contributed by atoms with Gasteiger partial charge in [0.1, 0.15) is 18.5 Å². The van der Waals surface area contributed by atoms with Gasteiger partial charge in [0.25, 0.3) is 0 Å². The molecule has 3 N–H and O–H groups in total. The Kier molecular flexibility index (Phi) is 6.25. The van der Waals surface area contributed by atoms with Gasteiger partial charge in [-0.1, -0.05) is 12.1 Å². The molecule has 1 aliphatic heterocycles. The van der Waals surface area contributed by atoms with Gasteiger partial charge >= 0.3 is 6.09 Å². The number of nitrogens with two attached hydrogens (primary N) is 1. The fourth-order valence-electron chi connectivity index (χ4n) is 5.38. The molecule has 1 amide bonds. The highest BCUT2D eigenvalue weighted by molar-refractivity contribution is 6.01. The van der Waals surface area contributed by atoms with E-state index in [1.807, 2.05) is 37.3 Å². The molecule has 36 heavy (non-hydrogen) atoms. The molecule has 2 heterocycles. The van der Waals surface area contributed by atoms with Crippen molar-refractivity contribution in [2.24, 2.45) is 5.92 Å². The number of nitrogens with one attached hydrogen (secondary N) is 1. The fourth-order valence-corrected chi connectivity index (χ4v) is 5.38. The molecule has 2 aromatic carbocycles. The number of benzene rings is 2. The van der Waals surface area contributed by atoms with E-state index in [0.717, 1.165) is 78.7 Å². The molecular formula is C29H35N3O4. The van der Waals surface area contributed by atoms with Gasteiger partial charge in [0, 0.05) is 35.4 Å². The highest BCUT2D eigenvalue weighted by Crippen LogP contribution is 2.45. The molecule has 190 valence electrons. The molecule has 6 rings (SSSR count). The number of nitrogen functional groups attached to an aromatic ring is 1. The summed E-state index contributed by atoms with van der Waals surface area (Å²) in [5, 5.41) is 3.90. The van der Waals surface area contributed by atoms with Gasteiger partial charge in [-0.25, -0.2) is 4.79 Å². The number of anilines is 2. The molecule has 2 saturated carbocycles. The van der Waals surface area contributed by atoms with E-state index in [4.69, 9.17) is 19.9 Å². The van der Waals surface area contributed by atoms with Crippen molar-refractivity contribution in [1.29, 1.82) is 0 Å². The van der Waals surface area contributed by atoms with Crippen molar-refractivity contribution in [3.63, 3.8) is 0 Å². The topological polar surface area (TPSA) is 87.7 Å². The Hall–Kier alpha value is -3.19. The van der Waals surface area contributed by atoms with Gasteiger partial charge in [0.05, 0.1) is 23.0 Å². The zero-order valence-electron chi connectivity index (χ0n) is 20.9. The number of rotatable bonds is 8. The maximum atomic E-state index is 12.3. The van der Waals surface area contributed by atoms with Crippen LogP contribution in [0.25, 0.3) is 22.2 Å². The minimum Gasteiger partial charge on any atom is -0.491 e. The second-order valence-electron chi connectivity index (χ2n) is 10.5. The molecule has 1 aromatic heterocycles. The summed E-state index contributed by atoms with van der Waals surface area (Å²) in [6.45, 7) is 3.36. The number of fused-ring (bicyclic) bond motifs is 1. The van der Waals surface area contributed by atoms with E-state index in [1.165, 1.54) is 6.42 Å². The first-order valence-corrected chi connectivity index (χ1v) is 13.3. The molecular weight excluding hydrogens is 454 g/mol. The van der Waals surface area contributed by atoms with Crippen molar-refractivity contribution in [2.45, 2.75) is 70.1 Å². The van der Waals surface area contributed by atoms with Crippen molar-refractivity contribution < 1.29 is 19.0 Å². The molecule has 0 spiro atoms. The molecule has 3 aliphatic rings. The summed E-state index contributed by atoms with van der Waals surface area (Å²) in [5.74, 6) is 1.36. The quantitative estimate of drug-likeness (QED) is 0.376. The Labute approximate surface area is 211 Å². The van der Waals surface area contributed by atoms with Crippen LogP contribution in [-0.4, -0.2) is 36.1 Å². The van der Waals surface area contributed by atoms with Crippen LogP contribution in [0.2, 0.25) is 0 Å². The third kappa shape index (κ3) is 4.64. The zero-order valence-corrected chi connectivity index (χ0v) is 20.9. The second-order valence-corrected chi connectivity index (χ2v) is 10.5. The van der Waals surface area contributed by atoms with Gasteiger partial charge in [0.15, 0.2) is 0 Å². The minimum absolute atomic E-state index is 0.0400. The lowest BCUT2D eigenvalue weighted by Gasteiger charge is -2.30. The molecule has 3 fully saturated rings. The number of amides is 1. The van der Waals surface area contributed by atoms with Gasteiger partial charge in [-0.3, -0.25) is 5.32 Å². The first-order chi connectivity index (χ1) is 17.6. The molecule has 0 bridgehead atoms. The van der Waals surface area contributed by atoms with Crippen LogP contribution in [0.4, 0.5) is 16.2 Å². The predicted octanol–water partition coefficient (Wildman–Crippen LogP) is 6.52. The molecule has 7 nitrogen and oxygen atoms in total. The van der Waals surface area contributed by atoms with E-state index in [2.05, 4.69) is 22.0 Å². The standard InChI is InChI=1S/C29H35N3O4/c1-18(19-7-8-19)36-29(33)31-21-11-9-20(10-12-21)28-27(30)25-14-13-23(35-17-24-6-3-15-34-24)16-26(25)32(28)22-4-2-5-22/h9-14,16,18-19,22,24H,2-8,15,17,30H2,1H3,(H,31,33)/t18-,24-/m1/s1. The molecule has 0 radical (unpaired) electrons. The number of hydrogen-bond donors (Lipinski definition) is 2. The van der Waals surface area contributed by atoms with E-state index in [0.29, 0.717) is 24.3 Å². The van der Waals surface area contributed by atoms with E-state index in [-0.39, 0.29) is 12.2 Å². The maximum Gasteiger partial charge on any atom is 0.411 e. The van der Waals surface area contributed by atoms with Crippen LogP contribution in [0.15, 0.2) is 42.5 Å². The highest BCUT2D eigenvalue weighted by Gasteiger charge is 2.31. The van der Waals surface area contributed by atoms with Crippen LogP contribution in [0.3, 0.4) is 0 Å². The van der Waals surface area contributed by atoms with Crippen LogP contribution in [0, 0.1) is 5.92 Å². The van der Waals surface area contributed by atoms with Crippen molar-refractivity contribution in [2.75, 3.05) is 24.3 Å². The van der Waals surface area contributed by atoms with E-state index in [9.17, 15) is 4.79 Å². The summed E-state index contributed by atoms with van der Waals surface area (Å²) in [6, 6.07) is 14.5. The Morgan fingerprint density at radius 1 is 1.11 bits per heavy atom. The number of hydrogen-bond acceptors (Lipinski definition) is 5. The largest absolute Gasteiger partial charge is 0.491 e. The zero-order chi connectivity index (χ0) is 24.6. The van der Waals surface area contributed by atoms with E-state index in [1.54, 1.807) is 0 Å². The summed E-state index contributed by atoms with van der Waals surface area (Å²) in [4.78, 5) is 12.3. The third-order valence-electron chi connectivity index (χ3n) is 7.90. The highest BCUT2D eigenvalue weighted by atomic mass is 16.6. The van der Waals surface area contributed by atoms with Crippen LogP contribution in [0.1, 0.15) is 57.9 Å². The smallest absolute Gasteiger partial charge is 0.411 e. The predicted molar refractivity (Wildman–Crippen MR) is 141 cm³/mol. The minimum atomic E-state index is -0.402. The summed E-state index contributed by atoms with van der Waals surface area (Å²) < 4.78 is 19.7. The van der Waals surface area contributed by atoms with Crippen molar-refractivity contribution in [3.05, 3.63) is 42.5 Å². The Balaban J connectivity index is 1.25. The van der Waals surface area contributed by atoms with E-state index < -0.39 is 6.09 Å². The SMILES string of the molecule is C[C@@H](OC(=O)Nc1ccc(-c2c(N)c3ccc(OC[C@H]4CCCO4)cc3n2C2CCC2)cc1)C1CC1. The number of ether oxygens (including phenoxy) is 3. The van der Waals surface area contributed by atoms with Gasteiger partial charge in [0.2, 0.25) is 0 Å². The van der Waals surface area contributed by atoms with Gasteiger partial charge in [-0.15, -0.1) is 0 Å². The average Bonchev–Trinajstić information content (AvgIpc) is 3.50. The molecule has 2 atom stereocenters. The van der Waals surface area contributed by atoms with Gasteiger partial charge in [-0.05, 0) is 82.1 Å². The van der Waals surface area contributed by atoms with Gasteiger partial charge in [-0.2, -0.15) is 0 Å². The molecule has 1 saturated heterocycles. The lowest BCUT2D eigenvalue weighted by atomic mass is 9.92. The average molecular weight is 490 g/mol. The first kappa shape index (κ1) is 23.2. The number of aromatic nitrogens is 1. The van der Waals surface area contributed by atoms with Crippen molar-refractivity contribution >= 4 is 28.4 Å². The van der Waals surface area contributed by atoms with Crippen LogP contribution >= 0.6 is 0 Å². The maximum absolute atomic E-state index is 12.3. The molecule has 2 aliphatic carbocycles. The van der Waals surface area contributed by atoms with Crippen molar-refractivity contribution in [3.8, 4) is 17.0 Å². The Morgan fingerprint density at radius 2 is 1.92 bits per heavy atom. The first-order valence-electron chi connectivity index (χ1n) is 13.3. The van der Waals surface area contributed by atoms with Crippen molar-refractivity contribution in [1.82, 2.24) is 4.57 Å². The Morgan fingerprint density at radius 3 is 2.58 bits per heavy atom. The summed E-state index contributed by atoms with van der Waals surface area (Å²) in [6.07, 6.45) is 7.69. The monoisotopic (exact) mass is 489 g/mol. The second kappa shape index (κ2) is 9.69. The van der Waals surface area contributed by atoms with Crippen LogP contribution in [0.5, 0.6) is 5.75 Å². The number of nitrogens with zero attached hydrogens (tertiary/aromatic N) is 1. The summed E-state index contributed by atoms with van der Waals surface area (Å²) >= 11 is 0.